The molecular formula is C10H18O. The first-order valence-corrected chi connectivity index (χ1v) is 4.30. The summed E-state index contributed by atoms with van der Waals surface area (Å²) in [5.74, 6) is 2.08. The third-order valence-electron chi connectivity index (χ3n) is 1.52. The summed E-state index contributed by atoms with van der Waals surface area (Å²) < 4.78 is 5.31. The summed E-state index contributed by atoms with van der Waals surface area (Å²) in [6, 6.07) is 2.09. The first-order valence-electron chi connectivity index (χ1n) is 4.30. The molecule has 0 N–H and O–H groups in total. The summed E-state index contributed by atoms with van der Waals surface area (Å²) in [7, 11) is 0. The summed E-state index contributed by atoms with van der Waals surface area (Å²) in [6.07, 6.45) is 1.07. The molecule has 1 heteroatoms. The van der Waals surface area contributed by atoms with Crippen molar-refractivity contribution < 1.29 is 4.42 Å². The quantitative estimate of drug-likeness (QED) is 0.603. The molecule has 0 atom stereocenters. The third-order valence-corrected chi connectivity index (χ3v) is 1.52. The van der Waals surface area contributed by atoms with Crippen LogP contribution >= 0.6 is 0 Å². The van der Waals surface area contributed by atoms with Gasteiger partial charge in [0.05, 0.1) is 0 Å². The van der Waals surface area contributed by atoms with Crippen molar-refractivity contribution >= 4 is 0 Å². The van der Waals surface area contributed by atoms with E-state index >= 15 is 0 Å². The van der Waals surface area contributed by atoms with Gasteiger partial charge in [0.2, 0.25) is 0 Å². The predicted molar refractivity (Wildman–Crippen MR) is 48.9 cm³/mol. The molecule has 0 bridgehead atoms. The van der Waals surface area contributed by atoms with Crippen LogP contribution in [0.15, 0.2) is 10.5 Å². The van der Waals surface area contributed by atoms with E-state index in [0.717, 1.165) is 17.9 Å². The molecule has 0 aromatic carbocycles. The maximum Gasteiger partial charge on any atom is 0.104 e. The molecule has 11 heavy (non-hydrogen) atoms. The average molecular weight is 154 g/mol. The Morgan fingerprint density at radius 2 is 1.82 bits per heavy atom. The van der Waals surface area contributed by atoms with Gasteiger partial charge in [0.1, 0.15) is 11.5 Å². The van der Waals surface area contributed by atoms with E-state index in [1.807, 2.05) is 27.7 Å². The molecule has 1 aromatic rings. The Hall–Kier alpha value is -0.720. The Kier molecular flexibility index (Phi) is 4.67. The van der Waals surface area contributed by atoms with E-state index in [1.54, 1.807) is 0 Å². The molecule has 0 aliphatic carbocycles. The third kappa shape index (κ3) is 2.79. The van der Waals surface area contributed by atoms with Gasteiger partial charge in [-0.3, -0.25) is 0 Å². The van der Waals surface area contributed by atoms with Crippen LogP contribution in [-0.4, -0.2) is 0 Å². The van der Waals surface area contributed by atoms with Crippen LogP contribution < -0.4 is 0 Å². The molecule has 0 aliphatic heterocycles. The fraction of sp³-hybridized carbons (Fsp3) is 0.600. The summed E-state index contributed by atoms with van der Waals surface area (Å²) >= 11 is 0. The van der Waals surface area contributed by atoms with Crippen molar-refractivity contribution in [3.8, 4) is 0 Å². The molecule has 0 saturated carbocycles. The summed E-state index contributed by atoms with van der Waals surface area (Å²) in [4.78, 5) is 0. The van der Waals surface area contributed by atoms with E-state index in [0.29, 0.717) is 0 Å². The second-order valence-corrected chi connectivity index (χ2v) is 2.29. The minimum atomic E-state index is 1.02. The highest BCUT2D eigenvalue weighted by molar-refractivity contribution is 5.19. The summed E-state index contributed by atoms with van der Waals surface area (Å²) in [6.45, 7) is 10.1. The molecule has 0 spiro atoms. The highest BCUT2D eigenvalue weighted by Gasteiger charge is 1.99. The van der Waals surface area contributed by atoms with Crippen LogP contribution in [0.5, 0.6) is 0 Å². The minimum Gasteiger partial charge on any atom is -0.466 e. The molecular weight excluding hydrogens is 136 g/mol. The van der Waals surface area contributed by atoms with Crippen molar-refractivity contribution in [1.82, 2.24) is 0 Å². The monoisotopic (exact) mass is 154 g/mol. The van der Waals surface area contributed by atoms with Crippen LogP contribution in [0.3, 0.4) is 0 Å². The molecule has 0 radical (unpaired) electrons. The highest BCUT2D eigenvalue weighted by atomic mass is 16.3. The molecule has 1 heterocycles. The Morgan fingerprint density at radius 3 is 2.00 bits per heavy atom. The highest BCUT2D eigenvalue weighted by Crippen LogP contribution is 2.13. The van der Waals surface area contributed by atoms with Gasteiger partial charge in [-0.05, 0) is 31.9 Å². The van der Waals surface area contributed by atoms with Gasteiger partial charge in [-0.1, -0.05) is 20.8 Å². The molecule has 0 unspecified atom stereocenters. The Bertz CT molecular complexity index is 199. The van der Waals surface area contributed by atoms with Crippen LogP contribution in [0.4, 0.5) is 0 Å². The number of furan rings is 1. The topological polar surface area (TPSA) is 13.1 Å². The molecule has 0 saturated heterocycles. The van der Waals surface area contributed by atoms with E-state index in [9.17, 15) is 0 Å². The predicted octanol–water partition coefficient (Wildman–Crippen LogP) is 3.49. The molecule has 1 rings (SSSR count). The van der Waals surface area contributed by atoms with Gasteiger partial charge in [0.25, 0.3) is 0 Å². The molecule has 1 nitrogen and oxygen atoms in total. The van der Waals surface area contributed by atoms with Crippen LogP contribution in [0.1, 0.15) is 37.9 Å². The zero-order valence-corrected chi connectivity index (χ0v) is 8.19. The van der Waals surface area contributed by atoms with Gasteiger partial charge in [0.15, 0.2) is 0 Å². The molecule has 0 aliphatic rings. The molecule has 1 aromatic heterocycles. The van der Waals surface area contributed by atoms with Crippen molar-refractivity contribution in [2.24, 2.45) is 0 Å². The van der Waals surface area contributed by atoms with Gasteiger partial charge in [-0.15, -0.1) is 0 Å². The first kappa shape index (κ1) is 10.3. The SMILES string of the molecule is CC.CCc1cc(C)oc1C. The lowest BCUT2D eigenvalue weighted by Crippen LogP contribution is -1.75. The summed E-state index contributed by atoms with van der Waals surface area (Å²) in [5.41, 5.74) is 1.33. The fourth-order valence-corrected chi connectivity index (χ4v) is 1.03. The van der Waals surface area contributed by atoms with Crippen LogP contribution in [0.25, 0.3) is 0 Å². The van der Waals surface area contributed by atoms with Gasteiger partial charge in [-0.2, -0.15) is 0 Å². The molecule has 64 valence electrons. The first-order chi connectivity index (χ1) is 5.24. The maximum atomic E-state index is 5.31. The van der Waals surface area contributed by atoms with Crippen molar-refractivity contribution in [1.29, 1.82) is 0 Å². The van der Waals surface area contributed by atoms with E-state index in [4.69, 9.17) is 4.42 Å². The molecule has 0 fully saturated rings. The van der Waals surface area contributed by atoms with E-state index < -0.39 is 0 Å². The van der Waals surface area contributed by atoms with Crippen molar-refractivity contribution in [2.75, 3.05) is 0 Å². The van der Waals surface area contributed by atoms with Gasteiger partial charge < -0.3 is 4.42 Å². The second kappa shape index (κ2) is 5.00. The fourth-order valence-electron chi connectivity index (χ4n) is 1.03. The largest absolute Gasteiger partial charge is 0.466 e. The van der Waals surface area contributed by atoms with Crippen molar-refractivity contribution in [3.05, 3.63) is 23.2 Å². The van der Waals surface area contributed by atoms with Crippen LogP contribution in [0, 0.1) is 13.8 Å². The van der Waals surface area contributed by atoms with Crippen LogP contribution in [-0.2, 0) is 6.42 Å². The molecule has 0 amide bonds. The normalized spacial score (nSPS) is 8.82. The zero-order valence-electron chi connectivity index (χ0n) is 8.19. The lowest BCUT2D eigenvalue weighted by Gasteiger charge is -1.86. The number of hydrogen-bond acceptors (Lipinski definition) is 1. The number of hydrogen-bond donors (Lipinski definition) is 0. The number of aryl methyl sites for hydroxylation is 3. The average Bonchev–Trinajstić information content (AvgIpc) is 2.33. The summed E-state index contributed by atoms with van der Waals surface area (Å²) in [5, 5.41) is 0. The zero-order chi connectivity index (χ0) is 8.85. The van der Waals surface area contributed by atoms with Gasteiger partial charge in [-0.25, -0.2) is 0 Å². The van der Waals surface area contributed by atoms with E-state index in [-0.39, 0.29) is 0 Å². The van der Waals surface area contributed by atoms with Crippen molar-refractivity contribution in [2.45, 2.75) is 41.0 Å². The van der Waals surface area contributed by atoms with Gasteiger partial charge >= 0.3 is 0 Å². The van der Waals surface area contributed by atoms with E-state index in [1.165, 1.54) is 5.56 Å². The Balaban J connectivity index is 0.000000461. The smallest absolute Gasteiger partial charge is 0.104 e. The lowest BCUT2D eigenvalue weighted by molar-refractivity contribution is 0.501. The van der Waals surface area contributed by atoms with E-state index in [2.05, 4.69) is 13.0 Å². The minimum absolute atomic E-state index is 1.02. The van der Waals surface area contributed by atoms with Crippen LogP contribution in [0.2, 0.25) is 0 Å². The number of rotatable bonds is 1. The maximum absolute atomic E-state index is 5.31. The Labute approximate surface area is 69.4 Å². The standard InChI is InChI=1S/C8H12O.C2H6/c1-4-8-5-6(2)9-7(8)3;1-2/h5H,4H2,1-3H3;1-2H3. The van der Waals surface area contributed by atoms with Gasteiger partial charge in [0, 0.05) is 0 Å². The lowest BCUT2D eigenvalue weighted by atomic mass is 10.2. The second-order valence-electron chi connectivity index (χ2n) is 2.29. The Morgan fingerprint density at radius 1 is 1.27 bits per heavy atom. The van der Waals surface area contributed by atoms with Crippen molar-refractivity contribution in [3.63, 3.8) is 0 Å².